The molecule has 1 aliphatic carbocycles. The van der Waals surface area contributed by atoms with E-state index in [1.807, 2.05) is 18.2 Å². The van der Waals surface area contributed by atoms with Gasteiger partial charge in [-0.15, -0.1) is 0 Å². The number of carbonyl (C=O) groups is 2. The second-order valence-electron chi connectivity index (χ2n) is 8.93. The van der Waals surface area contributed by atoms with Crippen molar-refractivity contribution in [3.63, 3.8) is 0 Å². The molecule has 0 unspecified atom stereocenters. The third-order valence-electron chi connectivity index (χ3n) is 6.16. The van der Waals surface area contributed by atoms with Crippen LogP contribution in [0.4, 0.5) is 0 Å². The largest absolute Gasteiger partial charge is 0.393 e. The van der Waals surface area contributed by atoms with Gasteiger partial charge in [-0.3, -0.25) is 14.6 Å². The van der Waals surface area contributed by atoms with E-state index >= 15 is 0 Å². The molecule has 31 heavy (non-hydrogen) atoms. The van der Waals surface area contributed by atoms with Crippen molar-refractivity contribution >= 4 is 11.8 Å². The van der Waals surface area contributed by atoms with Gasteiger partial charge >= 0.3 is 0 Å². The van der Waals surface area contributed by atoms with Crippen LogP contribution >= 0.6 is 0 Å². The van der Waals surface area contributed by atoms with Crippen molar-refractivity contribution in [1.82, 2.24) is 15.6 Å². The highest BCUT2D eigenvalue weighted by Crippen LogP contribution is 2.40. The van der Waals surface area contributed by atoms with E-state index < -0.39 is 0 Å². The maximum atomic E-state index is 12.4. The van der Waals surface area contributed by atoms with Crippen LogP contribution in [-0.2, 0) is 4.79 Å². The van der Waals surface area contributed by atoms with Gasteiger partial charge in [-0.25, -0.2) is 0 Å². The fraction of sp³-hybridized carbons (Fsp3) is 0.480. The summed E-state index contributed by atoms with van der Waals surface area (Å²) >= 11 is 0. The molecule has 166 valence electrons. The number of pyridine rings is 1. The Morgan fingerprint density at radius 2 is 1.97 bits per heavy atom. The van der Waals surface area contributed by atoms with Gasteiger partial charge in [0.15, 0.2) is 0 Å². The lowest BCUT2D eigenvalue weighted by Crippen LogP contribution is -2.39. The Balaban J connectivity index is 1.50. The summed E-state index contributed by atoms with van der Waals surface area (Å²) < 4.78 is 0. The van der Waals surface area contributed by atoms with Gasteiger partial charge in [0.1, 0.15) is 0 Å². The number of nitrogens with zero attached hydrogens (tertiary/aromatic N) is 1. The molecule has 3 atom stereocenters. The smallest absolute Gasteiger partial charge is 0.252 e. The first-order valence-corrected chi connectivity index (χ1v) is 11.1. The number of carbonyl (C=O) groups excluding carboxylic acids is 2. The van der Waals surface area contributed by atoms with Crippen LogP contribution in [0.25, 0.3) is 0 Å². The van der Waals surface area contributed by atoms with Crippen LogP contribution in [-0.4, -0.2) is 41.1 Å². The Bertz CT molecular complexity index is 844. The highest BCUT2D eigenvalue weighted by Gasteiger charge is 2.32. The molecule has 1 aliphatic rings. The van der Waals surface area contributed by atoms with Gasteiger partial charge in [0.05, 0.1) is 11.7 Å². The molecule has 0 aliphatic heterocycles. The molecule has 6 heteroatoms. The number of nitrogens with one attached hydrogen (secondary N) is 2. The van der Waals surface area contributed by atoms with Gasteiger partial charge in [0, 0.05) is 31.9 Å². The fourth-order valence-corrected chi connectivity index (χ4v) is 4.42. The normalized spacial score (nSPS) is 23.9. The van der Waals surface area contributed by atoms with Crippen LogP contribution < -0.4 is 10.6 Å². The predicted octanol–water partition coefficient (Wildman–Crippen LogP) is 3.43. The summed E-state index contributed by atoms with van der Waals surface area (Å²) in [6, 6.07) is 13.7. The van der Waals surface area contributed by atoms with Crippen molar-refractivity contribution in [2.45, 2.75) is 57.5 Å². The molecule has 1 fully saturated rings. The molecule has 0 saturated heterocycles. The average Bonchev–Trinajstić information content (AvgIpc) is 2.77. The highest BCUT2D eigenvalue weighted by atomic mass is 16.3. The molecular weight excluding hydrogens is 390 g/mol. The fourth-order valence-electron chi connectivity index (χ4n) is 4.42. The first kappa shape index (κ1) is 22.9. The van der Waals surface area contributed by atoms with Gasteiger partial charge in [0.25, 0.3) is 5.91 Å². The number of aromatic nitrogens is 1. The van der Waals surface area contributed by atoms with Gasteiger partial charge in [0.2, 0.25) is 5.91 Å². The summed E-state index contributed by atoms with van der Waals surface area (Å²) in [5.41, 5.74) is 1.70. The van der Waals surface area contributed by atoms with E-state index in [4.69, 9.17) is 0 Å². The summed E-state index contributed by atoms with van der Waals surface area (Å²) in [6.45, 7) is 3.11. The van der Waals surface area contributed by atoms with E-state index in [1.165, 1.54) is 11.8 Å². The molecule has 1 aromatic carbocycles. The highest BCUT2D eigenvalue weighted by molar-refractivity contribution is 5.94. The molecule has 3 N–H and O–H groups in total. The quantitative estimate of drug-likeness (QED) is 0.636. The van der Waals surface area contributed by atoms with Crippen molar-refractivity contribution in [3.05, 3.63) is 66.0 Å². The van der Waals surface area contributed by atoms with Gasteiger partial charge in [-0.1, -0.05) is 43.7 Å². The first-order valence-electron chi connectivity index (χ1n) is 11.1. The second-order valence-corrected chi connectivity index (χ2v) is 8.93. The lowest BCUT2D eigenvalue weighted by Gasteiger charge is -2.37. The van der Waals surface area contributed by atoms with Crippen molar-refractivity contribution in [2.24, 2.45) is 5.41 Å². The molecule has 1 saturated carbocycles. The number of hydrogen-bond donors (Lipinski definition) is 3. The van der Waals surface area contributed by atoms with E-state index in [0.717, 1.165) is 32.1 Å². The molecule has 0 radical (unpaired) electrons. The van der Waals surface area contributed by atoms with Crippen LogP contribution in [0.2, 0.25) is 0 Å². The molecule has 2 amide bonds. The van der Waals surface area contributed by atoms with E-state index in [-0.39, 0.29) is 42.2 Å². The topological polar surface area (TPSA) is 91.3 Å². The summed E-state index contributed by atoms with van der Waals surface area (Å²) in [5, 5.41) is 16.2. The molecule has 3 rings (SSSR count). The Morgan fingerprint density at radius 3 is 2.71 bits per heavy atom. The molecule has 1 heterocycles. The lowest BCUT2D eigenvalue weighted by molar-refractivity contribution is -0.121. The number of rotatable bonds is 7. The van der Waals surface area contributed by atoms with E-state index in [9.17, 15) is 14.7 Å². The van der Waals surface area contributed by atoms with Crippen molar-refractivity contribution in [3.8, 4) is 0 Å². The zero-order valence-electron chi connectivity index (χ0n) is 18.2. The zero-order chi connectivity index (χ0) is 22.1. The molecule has 1 aromatic heterocycles. The minimum absolute atomic E-state index is 0.0325. The van der Waals surface area contributed by atoms with Crippen molar-refractivity contribution in [2.75, 3.05) is 13.1 Å². The Labute approximate surface area is 184 Å². The maximum Gasteiger partial charge on any atom is 0.252 e. The molecule has 0 spiro atoms. The minimum atomic E-state index is -0.271. The monoisotopic (exact) mass is 423 g/mol. The first-order chi connectivity index (χ1) is 15.0. The Hall–Kier alpha value is -2.73. The van der Waals surface area contributed by atoms with E-state index in [1.54, 1.807) is 18.3 Å². The van der Waals surface area contributed by atoms with E-state index in [2.05, 4.69) is 34.7 Å². The lowest BCUT2D eigenvalue weighted by atomic mass is 9.71. The van der Waals surface area contributed by atoms with Gasteiger partial charge < -0.3 is 15.7 Å². The summed E-state index contributed by atoms with van der Waals surface area (Å²) in [4.78, 5) is 28.4. The summed E-state index contributed by atoms with van der Waals surface area (Å²) in [6.07, 6.45) is 7.49. The third-order valence-corrected chi connectivity index (χ3v) is 6.16. The number of benzene rings is 1. The zero-order valence-corrected chi connectivity index (χ0v) is 18.2. The van der Waals surface area contributed by atoms with Crippen LogP contribution in [0.3, 0.4) is 0 Å². The van der Waals surface area contributed by atoms with Gasteiger partial charge in [-0.05, 0) is 54.7 Å². The molecule has 6 nitrogen and oxygen atoms in total. The summed E-state index contributed by atoms with van der Waals surface area (Å²) in [7, 11) is 0. The van der Waals surface area contributed by atoms with Crippen LogP contribution in [0, 0.1) is 5.41 Å². The molecule has 2 aromatic rings. The molecule has 0 bridgehead atoms. The summed E-state index contributed by atoms with van der Waals surface area (Å²) in [5.74, 6) is -0.0135. The van der Waals surface area contributed by atoms with Crippen molar-refractivity contribution < 1.29 is 14.7 Å². The Kier molecular flexibility index (Phi) is 8.18. The predicted molar refractivity (Wildman–Crippen MR) is 121 cm³/mol. The maximum absolute atomic E-state index is 12.4. The Morgan fingerprint density at radius 1 is 1.16 bits per heavy atom. The number of hydrogen-bond acceptors (Lipinski definition) is 4. The minimum Gasteiger partial charge on any atom is -0.393 e. The second kappa shape index (κ2) is 11.0. The van der Waals surface area contributed by atoms with Crippen LogP contribution in [0.1, 0.15) is 67.3 Å². The SMILES string of the molecule is C[C@@]1(CNC(=O)CCNC(=O)c2cccnc2)CCC[C@@H](O)C[C@H](c2ccccc2)C1. The molecular formula is C25H33N3O3. The van der Waals surface area contributed by atoms with Gasteiger partial charge in [-0.2, -0.15) is 0 Å². The van der Waals surface area contributed by atoms with E-state index in [0.29, 0.717) is 12.1 Å². The number of amides is 2. The standard InChI is InChI=1S/C25H33N3O3/c1-25(12-5-10-22(29)15-21(16-25)19-7-3-2-4-8-19)18-28-23(30)11-14-27-24(31)20-9-6-13-26-17-20/h2-4,6-9,13,17,21-22,29H,5,10-12,14-16,18H2,1H3,(H,27,31)(H,28,30)/t21-,22+,25+/m0/s1. The van der Waals surface area contributed by atoms with Crippen LogP contribution in [0.15, 0.2) is 54.9 Å². The third kappa shape index (κ3) is 7.17. The number of aliphatic hydroxyl groups is 1. The number of aliphatic hydroxyl groups excluding tert-OH is 1. The average molecular weight is 424 g/mol. The van der Waals surface area contributed by atoms with Crippen LogP contribution in [0.5, 0.6) is 0 Å². The van der Waals surface area contributed by atoms with Crippen molar-refractivity contribution in [1.29, 1.82) is 0 Å².